The second kappa shape index (κ2) is 3.85. The third-order valence-electron chi connectivity index (χ3n) is 1.52. The Balaban J connectivity index is 3.08. The minimum absolute atomic E-state index is 0.0958. The van der Waals surface area contributed by atoms with Gasteiger partial charge >= 0.3 is 0 Å². The molecule has 1 N–H and O–H groups in total. The molecule has 0 aliphatic carbocycles. The summed E-state index contributed by atoms with van der Waals surface area (Å²) in [6, 6.07) is 4.72. The summed E-state index contributed by atoms with van der Waals surface area (Å²) in [6.45, 7) is -0.459. The highest BCUT2D eigenvalue weighted by Crippen LogP contribution is 2.11. The molecule has 0 amide bonds. The maximum Gasteiger partial charge on any atom is 0.180 e. The number of halogens is 1. The van der Waals surface area contributed by atoms with Crippen molar-refractivity contribution in [3.63, 3.8) is 0 Å². The molecule has 72 valence electrons. The summed E-state index contributed by atoms with van der Waals surface area (Å²) in [4.78, 5) is -0.0958. The Morgan fingerprint density at radius 3 is 2.62 bits per heavy atom. The molecule has 0 aliphatic rings. The van der Waals surface area contributed by atoms with Crippen LogP contribution in [0.5, 0.6) is 0 Å². The van der Waals surface area contributed by atoms with E-state index in [-0.39, 0.29) is 10.6 Å². The zero-order chi connectivity index (χ0) is 9.90. The second-order valence-corrected chi connectivity index (χ2v) is 4.61. The van der Waals surface area contributed by atoms with E-state index in [2.05, 4.69) is 0 Å². The molecule has 0 aromatic heterocycles. The van der Waals surface area contributed by atoms with Gasteiger partial charge in [0.05, 0.1) is 17.3 Å². The van der Waals surface area contributed by atoms with Crippen LogP contribution in [0.25, 0.3) is 0 Å². The van der Waals surface area contributed by atoms with Gasteiger partial charge in [-0.3, -0.25) is 0 Å². The molecule has 0 heterocycles. The third kappa shape index (κ3) is 2.50. The van der Waals surface area contributed by atoms with Crippen LogP contribution in [0.4, 0.5) is 4.39 Å². The van der Waals surface area contributed by atoms with Crippen LogP contribution >= 0.6 is 0 Å². The predicted molar refractivity (Wildman–Crippen MR) is 45.5 cm³/mol. The Morgan fingerprint density at radius 2 is 2.08 bits per heavy atom. The standard InChI is InChI=1S/C8H9FO3S/c9-7-2-1-3-8(6-7)13(11,12)5-4-10/h1-3,6,10H,4-5H2. The second-order valence-electron chi connectivity index (χ2n) is 2.50. The topological polar surface area (TPSA) is 54.4 Å². The summed E-state index contributed by atoms with van der Waals surface area (Å²) in [7, 11) is -3.52. The molecule has 0 saturated carbocycles. The fourth-order valence-corrected chi connectivity index (χ4v) is 1.95. The predicted octanol–water partition coefficient (Wildman–Crippen LogP) is 0.592. The summed E-state index contributed by atoms with van der Waals surface area (Å²) in [6.07, 6.45) is 0. The fraction of sp³-hybridized carbons (Fsp3) is 0.250. The highest BCUT2D eigenvalue weighted by molar-refractivity contribution is 7.91. The Bertz CT molecular complexity index is 386. The summed E-state index contributed by atoms with van der Waals surface area (Å²) >= 11 is 0. The summed E-state index contributed by atoms with van der Waals surface area (Å²) in [5.41, 5.74) is 0. The van der Waals surface area contributed by atoms with Crippen LogP contribution < -0.4 is 0 Å². The summed E-state index contributed by atoms with van der Waals surface area (Å²) in [5.74, 6) is -0.977. The lowest BCUT2D eigenvalue weighted by Gasteiger charge is -2.01. The van der Waals surface area contributed by atoms with Gasteiger partial charge in [0, 0.05) is 0 Å². The maximum atomic E-state index is 12.6. The molecule has 0 radical (unpaired) electrons. The smallest absolute Gasteiger partial charge is 0.180 e. The van der Waals surface area contributed by atoms with Gasteiger partial charge in [-0.15, -0.1) is 0 Å². The largest absolute Gasteiger partial charge is 0.395 e. The highest BCUT2D eigenvalue weighted by Gasteiger charge is 2.13. The van der Waals surface area contributed by atoms with Crippen molar-refractivity contribution in [2.75, 3.05) is 12.4 Å². The number of hydrogen-bond donors (Lipinski definition) is 1. The first-order valence-electron chi connectivity index (χ1n) is 3.65. The van der Waals surface area contributed by atoms with E-state index < -0.39 is 22.3 Å². The van der Waals surface area contributed by atoms with Crippen LogP contribution in [0.15, 0.2) is 29.2 Å². The van der Waals surface area contributed by atoms with E-state index >= 15 is 0 Å². The Morgan fingerprint density at radius 1 is 1.38 bits per heavy atom. The molecule has 0 spiro atoms. The zero-order valence-corrected chi connectivity index (χ0v) is 7.59. The SMILES string of the molecule is O=S(=O)(CCO)c1cccc(F)c1. The number of aliphatic hydroxyl groups is 1. The Hall–Kier alpha value is -0.940. The quantitative estimate of drug-likeness (QED) is 0.784. The van der Waals surface area contributed by atoms with Gasteiger partial charge in [-0.2, -0.15) is 0 Å². The highest BCUT2D eigenvalue weighted by atomic mass is 32.2. The molecular formula is C8H9FO3S. The number of aliphatic hydroxyl groups excluding tert-OH is 1. The van der Waals surface area contributed by atoms with Crippen molar-refractivity contribution < 1.29 is 17.9 Å². The van der Waals surface area contributed by atoms with Gasteiger partial charge in [0.15, 0.2) is 9.84 Å². The first kappa shape index (κ1) is 10.1. The zero-order valence-electron chi connectivity index (χ0n) is 6.77. The lowest BCUT2D eigenvalue weighted by Crippen LogP contribution is -2.10. The van der Waals surface area contributed by atoms with Crippen molar-refractivity contribution in [2.45, 2.75) is 4.90 Å². The molecular weight excluding hydrogens is 195 g/mol. The van der Waals surface area contributed by atoms with E-state index in [1.165, 1.54) is 12.1 Å². The average Bonchev–Trinajstić information content (AvgIpc) is 2.04. The van der Waals surface area contributed by atoms with Crippen molar-refractivity contribution >= 4 is 9.84 Å². The Kier molecular flexibility index (Phi) is 3.00. The number of rotatable bonds is 3. The number of hydrogen-bond acceptors (Lipinski definition) is 3. The van der Waals surface area contributed by atoms with E-state index in [0.717, 1.165) is 12.1 Å². The molecule has 13 heavy (non-hydrogen) atoms. The summed E-state index contributed by atoms with van der Waals surface area (Å²) < 4.78 is 35.1. The van der Waals surface area contributed by atoms with Crippen LogP contribution in [-0.4, -0.2) is 25.9 Å². The lowest BCUT2D eigenvalue weighted by atomic mass is 10.4. The van der Waals surface area contributed by atoms with E-state index in [1.54, 1.807) is 0 Å². The minimum Gasteiger partial charge on any atom is -0.395 e. The third-order valence-corrected chi connectivity index (χ3v) is 3.21. The molecule has 1 aromatic carbocycles. The van der Waals surface area contributed by atoms with Gasteiger partial charge in [0.2, 0.25) is 0 Å². The van der Waals surface area contributed by atoms with Crippen LogP contribution in [0.3, 0.4) is 0 Å². The average molecular weight is 204 g/mol. The van der Waals surface area contributed by atoms with E-state index in [4.69, 9.17) is 5.11 Å². The van der Waals surface area contributed by atoms with Crippen LogP contribution in [0.2, 0.25) is 0 Å². The number of sulfone groups is 1. The van der Waals surface area contributed by atoms with Crippen molar-refractivity contribution in [1.82, 2.24) is 0 Å². The fourth-order valence-electron chi connectivity index (χ4n) is 0.898. The van der Waals surface area contributed by atoms with Crippen molar-refractivity contribution in [1.29, 1.82) is 0 Å². The van der Waals surface area contributed by atoms with Gasteiger partial charge in [-0.05, 0) is 18.2 Å². The molecule has 3 nitrogen and oxygen atoms in total. The van der Waals surface area contributed by atoms with Crippen molar-refractivity contribution in [3.05, 3.63) is 30.1 Å². The van der Waals surface area contributed by atoms with Gasteiger partial charge in [-0.25, -0.2) is 12.8 Å². The molecule has 0 bridgehead atoms. The lowest BCUT2D eigenvalue weighted by molar-refractivity contribution is 0.319. The molecule has 1 rings (SSSR count). The van der Waals surface area contributed by atoms with Gasteiger partial charge in [0.1, 0.15) is 5.82 Å². The molecule has 1 aromatic rings. The van der Waals surface area contributed by atoms with Gasteiger partial charge in [0.25, 0.3) is 0 Å². The first-order chi connectivity index (χ1) is 6.06. The van der Waals surface area contributed by atoms with E-state index in [0.29, 0.717) is 0 Å². The summed E-state index contributed by atoms with van der Waals surface area (Å²) in [5, 5.41) is 8.46. The molecule has 0 aliphatic heterocycles. The monoisotopic (exact) mass is 204 g/mol. The number of benzene rings is 1. The maximum absolute atomic E-state index is 12.6. The molecule has 0 unspecified atom stereocenters. The van der Waals surface area contributed by atoms with Crippen LogP contribution in [-0.2, 0) is 9.84 Å². The van der Waals surface area contributed by atoms with Gasteiger partial charge in [-0.1, -0.05) is 6.07 Å². The van der Waals surface area contributed by atoms with Crippen molar-refractivity contribution in [3.8, 4) is 0 Å². The molecule has 0 saturated heterocycles. The van der Waals surface area contributed by atoms with Crippen LogP contribution in [0, 0.1) is 5.82 Å². The Labute approximate surface area is 75.7 Å². The normalized spacial score (nSPS) is 11.5. The van der Waals surface area contributed by atoms with Crippen LogP contribution in [0.1, 0.15) is 0 Å². The van der Waals surface area contributed by atoms with E-state index in [1.807, 2.05) is 0 Å². The molecule has 5 heteroatoms. The molecule has 0 fully saturated rings. The molecule has 0 atom stereocenters. The van der Waals surface area contributed by atoms with E-state index in [9.17, 15) is 12.8 Å². The van der Waals surface area contributed by atoms with Crippen molar-refractivity contribution in [2.24, 2.45) is 0 Å². The minimum atomic E-state index is -3.52. The first-order valence-corrected chi connectivity index (χ1v) is 5.30. The van der Waals surface area contributed by atoms with Gasteiger partial charge < -0.3 is 5.11 Å².